The van der Waals surface area contributed by atoms with Crippen molar-refractivity contribution in [3.05, 3.63) is 35.1 Å². The Hall–Kier alpha value is -0.780. The van der Waals surface area contributed by atoms with E-state index < -0.39 is 10.8 Å². The van der Waals surface area contributed by atoms with Gasteiger partial charge >= 0.3 is 0 Å². The van der Waals surface area contributed by atoms with Crippen molar-refractivity contribution >= 4 is 10.8 Å². The predicted octanol–water partition coefficient (Wildman–Crippen LogP) is 1.71. The largest absolute Gasteiger partial charge is 0.377 e. The Balaban J connectivity index is 2.13. The topological polar surface area (TPSA) is 52.3 Å². The molecule has 0 radical (unpaired) electrons. The van der Waals surface area contributed by atoms with Crippen molar-refractivity contribution in [1.82, 2.24) is 0 Å². The van der Waals surface area contributed by atoms with Crippen LogP contribution in [0.25, 0.3) is 0 Å². The Morgan fingerprint density at radius 3 is 2.89 bits per heavy atom. The summed E-state index contributed by atoms with van der Waals surface area (Å²) in [4.78, 5) is 0. The average molecular weight is 271 g/mol. The first-order chi connectivity index (χ1) is 8.61. The lowest BCUT2D eigenvalue weighted by molar-refractivity contribution is 0.127. The maximum Gasteiger partial charge on any atom is 0.123 e. The highest BCUT2D eigenvalue weighted by atomic mass is 32.2. The molecule has 1 heterocycles. The lowest BCUT2D eigenvalue weighted by atomic mass is 10.1. The number of hydrogen-bond acceptors (Lipinski definition) is 3. The van der Waals surface area contributed by atoms with Crippen molar-refractivity contribution in [2.45, 2.75) is 37.0 Å². The van der Waals surface area contributed by atoms with Crippen LogP contribution in [0.5, 0.6) is 0 Å². The van der Waals surface area contributed by atoms with Crippen LogP contribution in [-0.2, 0) is 27.8 Å². The summed E-state index contributed by atoms with van der Waals surface area (Å²) in [6, 6.07) is 4.48. The minimum absolute atomic E-state index is 0.0146. The van der Waals surface area contributed by atoms with Gasteiger partial charge < -0.3 is 10.5 Å². The number of halogens is 1. The van der Waals surface area contributed by atoms with Gasteiger partial charge in [0.05, 0.1) is 11.4 Å². The maximum absolute atomic E-state index is 13.2. The first kappa shape index (κ1) is 13.6. The minimum atomic E-state index is -1.04. The first-order valence-corrected chi connectivity index (χ1v) is 7.46. The molecule has 1 aliphatic rings. The fraction of sp³-hybridized carbons (Fsp3) is 0.538. The molecule has 0 amide bonds. The molecule has 0 spiro atoms. The van der Waals surface area contributed by atoms with Crippen molar-refractivity contribution < 1.29 is 13.3 Å². The van der Waals surface area contributed by atoms with E-state index in [-0.39, 0.29) is 17.2 Å². The highest BCUT2D eigenvalue weighted by Gasteiger charge is 2.29. The van der Waals surface area contributed by atoms with E-state index >= 15 is 0 Å². The molecule has 1 aromatic carbocycles. The zero-order chi connectivity index (χ0) is 13.1. The molecule has 0 saturated carbocycles. The molecule has 0 aliphatic carbocycles. The number of rotatable bonds is 4. The SMILES string of the molecule is CC1OCCC1S(=O)Cc1cc(F)ccc1CN. The molecule has 0 aromatic heterocycles. The zero-order valence-corrected chi connectivity index (χ0v) is 11.2. The van der Waals surface area contributed by atoms with Crippen molar-refractivity contribution in [3.8, 4) is 0 Å². The molecule has 3 atom stereocenters. The second kappa shape index (κ2) is 5.91. The normalized spacial score (nSPS) is 25.3. The molecular weight excluding hydrogens is 253 g/mol. The Kier molecular flexibility index (Phi) is 4.48. The molecule has 1 saturated heterocycles. The van der Waals surface area contributed by atoms with Gasteiger partial charge in [-0.25, -0.2) is 4.39 Å². The zero-order valence-electron chi connectivity index (χ0n) is 10.4. The molecular formula is C13H18FNO2S. The van der Waals surface area contributed by atoms with Gasteiger partial charge in [0.1, 0.15) is 5.82 Å². The van der Waals surface area contributed by atoms with Crippen molar-refractivity contribution in [1.29, 1.82) is 0 Å². The summed E-state index contributed by atoms with van der Waals surface area (Å²) in [5.41, 5.74) is 7.21. The van der Waals surface area contributed by atoms with Gasteiger partial charge in [-0.3, -0.25) is 4.21 Å². The summed E-state index contributed by atoms with van der Waals surface area (Å²) in [5, 5.41) is 0.0406. The molecule has 2 rings (SSSR count). The third kappa shape index (κ3) is 2.96. The van der Waals surface area contributed by atoms with Crippen LogP contribution in [0.1, 0.15) is 24.5 Å². The van der Waals surface area contributed by atoms with Gasteiger partial charge in [-0.2, -0.15) is 0 Å². The maximum atomic E-state index is 13.2. The third-order valence-corrected chi connectivity index (χ3v) is 5.22. The molecule has 1 aromatic rings. The standard InChI is InChI=1S/C13H18FNO2S/c1-9-13(4-5-17-9)18(16)8-11-6-12(14)3-2-10(11)7-15/h2-3,6,9,13H,4-5,7-8,15H2,1H3. The van der Waals surface area contributed by atoms with Crippen LogP contribution in [-0.4, -0.2) is 22.2 Å². The van der Waals surface area contributed by atoms with Crippen LogP contribution < -0.4 is 5.73 Å². The average Bonchev–Trinajstić information content (AvgIpc) is 2.76. The van der Waals surface area contributed by atoms with Gasteiger partial charge in [-0.1, -0.05) is 6.07 Å². The lowest BCUT2D eigenvalue weighted by Crippen LogP contribution is -2.24. The van der Waals surface area contributed by atoms with E-state index in [1.807, 2.05) is 6.92 Å². The molecule has 100 valence electrons. The summed E-state index contributed by atoms with van der Waals surface area (Å²) < 4.78 is 30.9. The summed E-state index contributed by atoms with van der Waals surface area (Å²) in [6.07, 6.45) is 0.821. The molecule has 18 heavy (non-hydrogen) atoms. The third-order valence-electron chi connectivity index (χ3n) is 3.33. The molecule has 3 unspecified atom stereocenters. The molecule has 3 nitrogen and oxygen atoms in total. The second-order valence-corrected chi connectivity index (χ2v) is 6.20. The van der Waals surface area contributed by atoms with Crippen molar-refractivity contribution in [2.24, 2.45) is 5.73 Å². The van der Waals surface area contributed by atoms with Crippen LogP contribution in [0, 0.1) is 5.82 Å². The van der Waals surface area contributed by atoms with E-state index in [0.29, 0.717) is 18.9 Å². The lowest BCUT2D eigenvalue weighted by Gasteiger charge is -2.15. The highest BCUT2D eigenvalue weighted by molar-refractivity contribution is 7.84. The quantitative estimate of drug-likeness (QED) is 0.907. The van der Waals surface area contributed by atoms with E-state index in [0.717, 1.165) is 17.5 Å². The molecule has 1 fully saturated rings. The molecule has 1 aliphatic heterocycles. The van der Waals surface area contributed by atoms with Crippen LogP contribution in [0.2, 0.25) is 0 Å². The van der Waals surface area contributed by atoms with E-state index in [1.54, 1.807) is 6.07 Å². The van der Waals surface area contributed by atoms with Crippen LogP contribution in [0.15, 0.2) is 18.2 Å². The van der Waals surface area contributed by atoms with Gasteiger partial charge in [0.2, 0.25) is 0 Å². The van der Waals surface area contributed by atoms with Crippen molar-refractivity contribution in [2.75, 3.05) is 6.61 Å². The van der Waals surface area contributed by atoms with E-state index in [4.69, 9.17) is 10.5 Å². The Labute approximate surface area is 109 Å². The molecule has 2 N–H and O–H groups in total. The van der Waals surface area contributed by atoms with E-state index in [2.05, 4.69) is 0 Å². The van der Waals surface area contributed by atoms with Gasteiger partial charge in [0, 0.05) is 29.7 Å². The minimum Gasteiger partial charge on any atom is -0.377 e. The smallest absolute Gasteiger partial charge is 0.123 e. The predicted molar refractivity (Wildman–Crippen MR) is 70.0 cm³/mol. The first-order valence-electron chi connectivity index (χ1n) is 6.08. The van der Waals surface area contributed by atoms with Crippen LogP contribution >= 0.6 is 0 Å². The van der Waals surface area contributed by atoms with E-state index in [9.17, 15) is 8.60 Å². The number of ether oxygens (including phenoxy) is 1. The summed E-state index contributed by atoms with van der Waals surface area (Å²) in [5.74, 6) is 0.0396. The van der Waals surface area contributed by atoms with Crippen LogP contribution in [0.3, 0.4) is 0 Å². The van der Waals surface area contributed by atoms with Gasteiger partial charge in [0.15, 0.2) is 0 Å². The summed E-state index contributed by atoms with van der Waals surface area (Å²) in [6.45, 7) is 2.93. The molecule has 0 bridgehead atoms. The Morgan fingerprint density at radius 1 is 1.50 bits per heavy atom. The van der Waals surface area contributed by atoms with Crippen LogP contribution in [0.4, 0.5) is 4.39 Å². The summed E-state index contributed by atoms with van der Waals surface area (Å²) >= 11 is 0. The number of hydrogen-bond donors (Lipinski definition) is 1. The van der Waals surface area contributed by atoms with Crippen molar-refractivity contribution in [3.63, 3.8) is 0 Å². The molecule has 5 heteroatoms. The fourth-order valence-electron chi connectivity index (χ4n) is 2.25. The Morgan fingerprint density at radius 2 is 2.28 bits per heavy atom. The van der Waals surface area contributed by atoms with Gasteiger partial charge in [-0.05, 0) is 36.6 Å². The van der Waals surface area contributed by atoms with Gasteiger partial charge in [-0.15, -0.1) is 0 Å². The number of nitrogens with two attached hydrogens (primary N) is 1. The second-order valence-electron chi connectivity index (χ2n) is 4.55. The Bertz CT molecular complexity index is 453. The van der Waals surface area contributed by atoms with E-state index in [1.165, 1.54) is 12.1 Å². The fourth-order valence-corrected chi connectivity index (χ4v) is 3.90. The summed E-state index contributed by atoms with van der Waals surface area (Å²) in [7, 11) is -1.04. The number of benzene rings is 1. The highest BCUT2D eigenvalue weighted by Crippen LogP contribution is 2.22. The van der Waals surface area contributed by atoms with Gasteiger partial charge in [0.25, 0.3) is 0 Å². The monoisotopic (exact) mass is 271 g/mol.